The van der Waals surface area contributed by atoms with Crippen LogP contribution in [0.1, 0.15) is 70.2 Å². The number of aromatic nitrogens is 1. The minimum Gasteiger partial charge on any atom is -0.359 e. The van der Waals surface area contributed by atoms with Crippen molar-refractivity contribution in [3.8, 4) is 0 Å². The SMILES string of the molecule is CCCNC(=O)CN1CCC(NC(=NC)NCc2cc(C(CC)CC)no2)CC1.I. The average Bonchev–Trinajstić information content (AvgIpc) is 3.20. The van der Waals surface area contributed by atoms with E-state index >= 15 is 0 Å². The van der Waals surface area contributed by atoms with Crippen LogP contribution in [0.3, 0.4) is 0 Å². The molecule has 0 aliphatic carbocycles. The number of carbonyl (C=O) groups excluding carboxylic acids is 1. The Kier molecular flexibility index (Phi) is 13.0. The molecule has 0 spiro atoms. The summed E-state index contributed by atoms with van der Waals surface area (Å²) in [5.74, 6) is 2.17. The summed E-state index contributed by atoms with van der Waals surface area (Å²) in [6, 6.07) is 2.39. The van der Waals surface area contributed by atoms with Gasteiger partial charge in [0, 0.05) is 44.7 Å². The Morgan fingerprint density at radius 1 is 1.27 bits per heavy atom. The molecule has 1 aliphatic heterocycles. The highest BCUT2D eigenvalue weighted by Gasteiger charge is 2.21. The first-order valence-corrected chi connectivity index (χ1v) is 11.0. The lowest BCUT2D eigenvalue weighted by molar-refractivity contribution is -0.122. The molecule has 30 heavy (non-hydrogen) atoms. The van der Waals surface area contributed by atoms with Crippen LogP contribution in [0, 0.1) is 0 Å². The van der Waals surface area contributed by atoms with Crippen molar-refractivity contribution < 1.29 is 9.32 Å². The van der Waals surface area contributed by atoms with E-state index in [2.05, 4.69) is 51.8 Å². The van der Waals surface area contributed by atoms with E-state index in [1.165, 1.54) is 0 Å². The van der Waals surface area contributed by atoms with Crippen LogP contribution < -0.4 is 16.0 Å². The van der Waals surface area contributed by atoms with Crippen molar-refractivity contribution in [2.45, 2.75) is 71.4 Å². The standard InChI is InChI=1S/C21H38N6O2.HI/c1-5-10-23-20(28)15-27-11-8-17(9-12-27)25-21(22-4)24-14-18-13-19(26-29-18)16(6-2)7-3;/h13,16-17H,5-12,14-15H2,1-4H3,(H,23,28)(H2,22,24,25);1H. The smallest absolute Gasteiger partial charge is 0.234 e. The van der Waals surface area contributed by atoms with E-state index in [0.29, 0.717) is 25.0 Å². The molecule has 1 aliphatic rings. The van der Waals surface area contributed by atoms with Crippen molar-refractivity contribution in [3.05, 3.63) is 17.5 Å². The first kappa shape index (κ1) is 26.7. The summed E-state index contributed by atoms with van der Waals surface area (Å²) in [6.45, 7) is 10.0. The predicted octanol–water partition coefficient (Wildman–Crippen LogP) is 2.85. The van der Waals surface area contributed by atoms with Crippen LogP contribution in [0.4, 0.5) is 0 Å². The topological polar surface area (TPSA) is 94.8 Å². The number of rotatable bonds is 10. The van der Waals surface area contributed by atoms with Gasteiger partial charge in [0.15, 0.2) is 11.7 Å². The molecule has 0 aromatic carbocycles. The second kappa shape index (κ2) is 14.6. The molecule has 0 saturated carbocycles. The van der Waals surface area contributed by atoms with Gasteiger partial charge < -0.3 is 20.5 Å². The van der Waals surface area contributed by atoms with Crippen LogP contribution in [0.15, 0.2) is 15.6 Å². The molecule has 8 nitrogen and oxygen atoms in total. The maximum atomic E-state index is 11.9. The quantitative estimate of drug-likeness (QED) is 0.243. The Morgan fingerprint density at radius 3 is 2.57 bits per heavy atom. The van der Waals surface area contributed by atoms with E-state index < -0.39 is 0 Å². The summed E-state index contributed by atoms with van der Waals surface area (Å²) in [6.07, 6.45) is 5.08. The molecule has 0 radical (unpaired) electrons. The highest BCUT2D eigenvalue weighted by atomic mass is 127. The van der Waals surface area contributed by atoms with Crippen molar-refractivity contribution in [2.75, 3.05) is 33.2 Å². The summed E-state index contributed by atoms with van der Waals surface area (Å²) in [4.78, 5) is 18.4. The Balaban J connectivity index is 0.00000450. The molecule has 0 bridgehead atoms. The molecule has 172 valence electrons. The Labute approximate surface area is 198 Å². The van der Waals surface area contributed by atoms with Gasteiger partial charge in [-0.05, 0) is 32.1 Å². The maximum absolute atomic E-state index is 11.9. The minimum atomic E-state index is 0. The minimum absolute atomic E-state index is 0. The zero-order valence-electron chi connectivity index (χ0n) is 18.9. The number of nitrogens with one attached hydrogen (secondary N) is 3. The van der Waals surface area contributed by atoms with E-state index in [1.807, 2.05) is 6.07 Å². The second-order valence-corrected chi connectivity index (χ2v) is 7.70. The van der Waals surface area contributed by atoms with E-state index in [9.17, 15) is 4.79 Å². The van der Waals surface area contributed by atoms with Gasteiger partial charge in [-0.25, -0.2) is 0 Å². The first-order chi connectivity index (χ1) is 14.1. The van der Waals surface area contributed by atoms with Crippen molar-refractivity contribution >= 4 is 35.8 Å². The third kappa shape index (κ3) is 8.79. The summed E-state index contributed by atoms with van der Waals surface area (Å²) in [5, 5.41) is 14.0. The van der Waals surface area contributed by atoms with Crippen molar-refractivity contribution in [3.63, 3.8) is 0 Å². The largest absolute Gasteiger partial charge is 0.359 e. The summed E-state index contributed by atoms with van der Waals surface area (Å²) < 4.78 is 5.47. The van der Waals surface area contributed by atoms with E-state index in [1.54, 1.807) is 7.05 Å². The van der Waals surface area contributed by atoms with Gasteiger partial charge in [0.25, 0.3) is 0 Å². The molecular weight excluding hydrogens is 495 g/mol. The monoisotopic (exact) mass is 534 g/mol. The van der Waals surface area contributed by atoms with Crippen LogP contribution in [0.25, 0.3) is 0 Å². The van der Waals surface area contributed by atoms with Gasteiger partial charge in [-0.2, -0.15) is 0 Å². The lowest BCUT2D eigenvalue weighted by Crippen LogP contribution is -2.50. The molecule has 1 saturated heterocycles. The molecule has 2 rings (SSSR count). The second-order valence-electron chi connectivity index (χ2n) is 7.70. The number of aliphatic imine (C=N–C) groups is 1. The van der Waals surface area contributed by atoms with Gasteiger partial charge in [-0.3, -0.25) is 14.7 Å². The van der Waals surface area contributed by atoms with Crippen LogP contribution in [-0.4, -0.2) is 61.2 Å². The summed E-state index contributed by atoms with van der Waals surface area (Å²) in [5.41, 5.74) is 1.03. The van der Waals surface area contributed by atoms with Crippen LogP contribution in [0.5, 0.6) is 0 Å². The number of hydrogen-bond donors (Lipinski definition) is 3. The molecule has 1 aromatic heterocycles. The molecule has 1 amide bonds. The van der Waals surface area contributed by atoms with Crippen LogP contribution in [0.2, 0.25) is 0 Å². The van der Waals surface area contributed by atoms with Gasteiger partial charge in [0.1, 0.15) is 0 Å². The average molecular weight is 534 g/mol. The zero-order chi connectivity index (χ0) is 21.1. The molecule has 1 fully saturated rings. The number of likely N-dealkylation sites (tertiary alicyclic amines) is 1. The van der Waals surface area contributed by atoms with Crippen LogP contribution in [-0.2, 0) is 11.3 Å². The Morgan fingerprint density at radius 2 is 1.97 bits per heavy atom. The van der Waals surface area contributed by atoms with Gasteiger partial charge in [-0.1, -0.05) is 25.9 Å². The number of piperidine rings is 1. The fourth-order valence-corrected chi connectivity index (χ4v) is 3.63. The Hall–Kier alpha value is -1.36. The highest BCUT2D eigenvalue weighted by molar-refractivity contribution is 14.0. The normalized spacial score (nSPS) is 15.7. The van der Waals surface area contributed by atoms with Gasteiger partial charge in [0.05, 0.1) is 18.8 Å². The maximum Gasteiger partial charge on any atom is 0.234 e. The van der Waals surface area contributed by atoms with Gasteiger partial charge in [0.2, 0.25) is 5.91 Å². The number of nitrogens with zero attached hydrogens (tertiary/aromatic N) is 3. The molecule has 3 N–H and O–H groups in total. The van der Waals surface area contributed by atoms with Crippen LogP contribution >= 0.6 is 24.0 Å². The molecule has 2 heterocycles. The first-order valence-electron chi connectivity index (χ1n) is 11.0. The lowest BCUT2D eigenvalue weighted by atomic mass is 9.99. The number of guanidine groups is 1. The van der Waals surface area contributed by atoms with Crippen molar-refractivity contribution in [1.82, 2.24) is 26.0 Å². The molecular formula is C21H39IN6O2. The van der Waals surface area contributed by atoms with E-state index in [-0.39, 0.29) is 29.9 Å². The third-order valence-corrected chi connectivity index (χ3v) is 5.50. The van der Waals surface area contributed by atoms with E-state index in [0.717, 1.165) is 69.2 Å². The molecule has 1 aromatic rings. The molecule has 9 heteroatoms. The predicted molar refractivity (Wildman–Crippen MR) is 131 cm³/mol. The zero-order valence-corrected chi connectivity index (χ0v) is 21.2. The number of amides is 1. The number of hydrogen-bond acceptors (Lipinski definition) is 5. The number of carbonyl (C=O) groups is 1. The van der Waals surface area contributed by atoms with Gasteiger partial charge in [-0.15, -0.1) is 24.0 Å². The lowest BCUT2D eigenvalue weighted by Gasteiger charge is -2.32. The highest BCUT2D eigenvalue weighted by Crippen LogP contribution is 2.22. The fraction of sp³-hybridized carbons (Fsp3) is 0.762. The molecule has 0 unspecified atom stereocenters. The summed E-state index contributed by atoms with van der Waals surface area (Å²) >= 11 is 0. The van der Waals surface area contributed by atoms with E-state index in [4.69, 9.17) is 4.52 Å². The number of halogens is 1. The molecule has 0 atom stereocenters. The van der Waals surface area contributed by atoms with Crippen molar-refractivity contribution in [2.24, 2.45) is 4.99 Å². The third-order valence-electron chi connectivity index (χ3n) is 5.50. The van der Waals surface area contributed by atoms with Gasteiger partial charge >= 0.3 is 0 Å². The summed E-state index contributed by atoms with van der Waals surface area (Å²) in [7, 11) is 1.78. The Bertz CT molecular complexity index is 639. The van der Waals surface area contributed by atoms with Crippen molar-refractivity contribution in [1.29, 1.82) is 0 Å². The fourth-order valence-electron chi connectivity index (χ4n) is 3.63.